The molecule has 0 bridgehead atoms. The fraction of sp³-hybridized carbons (Fsp3) is 0.273. The Hall–Kier alpha value is -3.48. The Morgan fingerprint density at radius 1 is 0.964 bits per heavy atom. The van der Waals surface area contributed by atoms with Crippen molar-refractivity contribution in [2.45, 2.75) is 26.2 Å². The highest BCUT2D eigenvalue weighted by Crippen LogP contribution is 2.02. The highest BCUT2D eigenvalue weighted by molar-refractivity contribution is 5.50. The molecule has 0 amide bonds. The molecule has 0 radical (unpaired) electrons. The zero-order chi connectivity index (χ0) is 20.5. The van der Waals surface area contributed by atoms with Gasteiger partial charge in [-0.3, -0.25) is 4.98 Å². The summed E-state index contributed by atoms with van der Waals surface area (Å²) in [6, 6.07) is 14.9. The second-order valence-electron chi connectivity index (χ2n) is 5.64. The number of rotatable bonds is 3. The molecule has 1 fully saturated rings. The van der Waals surface area contributed by atoms with Crippen molar-refractivity contribution < 1.29 is 4.74 Å². The first-order chi connectivity index (χ1) is 13.7. The van der Waals surface area contributed by atoms with Crippen LogP contribution < -0.4 is 5.73 Å². The minimum Gasteiger partial charge on any atom is -0.384 e. The molecule has 0 unspecified atom stereocenters. The number of aryl methyl sites for hydroxylation is 1. The maximum atomic E-state index is 8.29. The zero-order valence-electron chi connectivity index (χ0n) is 16.1. The summed E-state index contributed by atoms with van der Waals surface area (Å²) in [6.07, 6.45) is 9.59. The Balaban J connectivity index is 0.000000226. The van der Waals surface area contributed by atoms with Crippen molar-refractivity contribution in [2.24, 2.45) is 0 Å². The van der Waals surface area contributed by atoms with E-state index >= 15 is 0 Å². The van der Waals surface area contributed by atoms with Gasteiger partial charge in [0.25, 0.3) is 0 Å². The lowest BCUT2D eigenvalue weighted by Gasteiger charge is -1.95. The maximum Gasteiger partial charge on any atom is 0.124 e. The summed E-state index contributed by atoms with van der Waals surface area (Å²) in [7, 11) is 0. The van der Waals surface area contributed by atoms with Crippen LogP contribution in [0.3, 0.4) is 0 Å². The summed E-state index contributed by atoms with van der Waals surface area (Å²) >= 11 is 0. The number of anilines is 1. The SMILES string of the molecule is C1CCOC1.CCc1cccc(/C=C/C#N)n1.N#C/C=C/c1cccc(N)n1. The second kappa shape index (κ2) is 14.7. The van der Waals surface area contributed by atoms with Crippen LogP contribution in [0.15, 0.2) is 48.6 Å². The summed E-state index contributed by atoms with van der Waals surface area (Å²) in [4.78, 5) is 8.24. The topological polar surface area (TPSA) is 109 Å². The van der Waals surface area contributed by atoms with E-state index in [2.05, 4.69) is 16.9 Å². The molecular weight excluding hydrogens is 350 g/mol. The Bertz CT molecular complexity index is 835. The van der Waals surface area contributed by atoms with E-state index in [-0.39, 0.29) is 0 Å². The van der Waals surface area contributed by atoms with Gasteiger partial charge in [-0.15, -0.1) is 0 Å². The van der Waals surface area contributed by atoms with Crippen LogP contribution in [0, 0.1) is 22.7 Å². The number of nitrogen functional groups attached to an aromatic ring is 1. The highest BCUT2D eigenvalue weighted by atomic mass is 16.5. The van der Waals surface area contributed by atoms with Gasteiger partial charge < -0.3 is 10.5 Å². The lowest BCUT2D eigenvalue weighted by Crippen LogP contribution is -1.89. The van der Waals surface area contributed by atoms with Gasteiger partial charge in [-0.25, -0.2) is 4.98 Å². The van der Waals surface area contributed by atoms with Crippen molar-refractivity contribution >= 4 is 18.0 Å². The number of pyridine rings is 2. The van der Waals surface area contributed by atoms with Gasteiger partial charge in [0.1, 0.15) is 5.82 Å². The van der Waals surface area contributed by atoms with Crippen molar-refractivity contribution in [1.29, 1.82) is 10.5 Å². The molecule has 3 heterocycles. The van der Waals surface area contributed by atoms with Gasteiger partial charge >= 0.3 is 0 Å². The van der Waals surface area contributed by atoms with Gasteiger partial charge in [-0.05, 0) is 55.7 Å². The highest BCUT2D eigenvalue weighted by Gasteiger charge is 1.94. The van der Waals surface area contributed by atoms with Crippen molar-refractivity contribution in [2.75, 3.05) is 18.9 Å². The summed E-state index contributed by atoms with van der Waals surface area (Å²) in [6.45, 7) is 4.06. The van der Waals surface area contributed by atoms with E-state index < -0.39 is 0 Å². The first kappa shape index (κ1) is 22.6. The van der Waals surface area contributed by atoms with Crippen LogP contribution in [0.2, 0.25) is 0 Å². The third-order valence-electron chi connectivity index (χ3n) is 3.47. The molecule has 3 rings (SSSR count). The molecule has 6 nitrogen and oxygen atoms in total. The Labute approximate surface area is 166 Å². The van der Waals surface area contributed by atoms with E-state index in [4.69, 9.17) is 21.0 Å². The summed E-state index contributed by atoms with van der Waals surface area (Å²) in [5.41, 5.74) is 8.00. The monoisotopic (exact) mass is 375 g/mol. The Morgan fingerprint density at radius 3 is 2.00 bits per heavy atom. The fourth-order valence-corrected chi connectivity index (χ4v) is 2.11. The fourth-order valence-electron chi connectivity index (χ4n) is 2.11. The molecule has 1 aliphatic heterocycles. The number of hydrogen-bond donors (Lipinski definition) is 1. The standard InChI is InChI=1S/C10H10N2.C8H7N3.C4H8O/c1-2-9-5-3-6-10(12-9)7-4-8-11;9-6-2-4-7-3-1-5-8(10)11-7;1-2-4-5-3-1/h3-7H,2H2,1H3;1-5H,(H2,10,11);1-4H2/b7-4+;4-2+;. The summed E-state index contributed by atoms with van der Waals surface area (Å²) < 4.78 is 4.94. The van der Waals surface area contributed by atoms with Crippen LogP contribution in [0.1, 0.15) is 36.8 Å². The van der Waals surface area contributed by atoms with E-state index in [0.29, 0.717) is 11.5 Å². The van der Waals surface area contributed by atoms with Crippen molar-refractivity contribution in [3.8, 4) is 12.1 Å². The Morgan fingerprint density at radius 2 is 1.54 bits per heavy atom. The van der Waals surface area contributed by atoms with E-state index in [1.54, 1.807) is 30.4 Å². The van der Waals surface area contributed by atoms with Gasteiger partial charge in [0.15, 0.2) is 0 Å². The van der Waals surface area contributed by atoms with Crippen molar-refractivity contribution in [3.05, 3.63) is 65.6 Å². The molecular formula is C22H25N5O. The van der Waals surface area contributed by atoms with Gasteiger partial charge in [0.2, 0.25) is 0 Å². The van der Waals surface area contributed by atoms with Gasteiger partial charge in [-0.1, -0.05) is 19.1 Å². The third-order valence-corrected chi connectivity index (χ3v) is 3.47. The molecule has 0 aliphatic carbocycles. The predicted octanol–water partition coefficient (Wildman–Crippen LogP) is 4.18. The number of ether oxygens (including phenoxy) is 1. The van der Waals surface area contributed by atoms with E-state index in [1.807, 2.05) is 30.3 Å². The normalized spacial score (nSPS) is 12.4. The van der Waals surface area contributed by atoms with Crippen LogP contribution in [0.25, 0.3) is 12.2 Å². The largest absolute Gasteiger partial charge is 0.384 e. The van der Waals surface area contributed by atoms with Crippen molar-refractivity contribution in [3.63, 3.8) is 0 Å². The van der Waals surface area contributed by atoms with Crippen LogP contribution in [-0.2, 0) is 11.2 Å². The summed E-state index contributed by atoms with van der Waals surface area (Å²) in [5, 5.41) is 16.5. The summed E-state index contributed by atoms with van der Waals surface area (Å²) in [5.74, 6) is 0.463. The first-order valence-electron chi connectivity index (χ1n) is 9.08. The molecule has 2 aromatic heterocycles. The van der Waals surface area contributed by atoms with Gasteiger partial charge in [-0.2, -0.15) is 10.5 Å². The van der Waals surface area contributed by atoms with Crippen LogP contribution >= 0.6 is 0 Å². The number of nitrogens with zero attached hydrogens (tertiary/aromatic N) is 4. The molecule has 2 N–H and O–H groups in total. The second-order valence-corrected chi connectivity index (χ2v) is 5.64. The first-order valence-corrected chi connectivity index (χ1v) is 9.08. The van der Waals surface area contributed by atoms with Crippen LogP contribution in [-0.4, -0.2) is 23.2 Å². The van der Waals surface area contributed by atoms with Crippen LogP contribution in [0.4, 0.5) is 5.82 Å². The molecule has 28 heavy (non-hydrogen) atoms. The minimum atomic E-state index is 0.463. The number of nitrogens with two attached hydrogens (primary N) is 1. The molecule has 6 heteroatoms. The molecule has 2 aromatic rings. The van der Waals surface area contributed by atoms with Crippen LogP contribution in [0.5, 0.6) is 0 Å². The molecule has 1 saturated heterocycles. The zero-order valence-corrected chi connectivity index (χ0v) is 16.1. The van der Waals surface area contributed by atoms with Gasteiger partial charge in [0, 0.05) is 31.1 Å². The van der Waals surface area contributed by atoms with E-state index in [1.165, 1.54) is 25.0 Å². The van der Waals surface area contributed by atoms with E-state index in [0.717, 1.165) is 31.0 Å². The lowest BCUT2D eigenvalue weighted by molar-refractivity contribution is 0.198. The Kier molecular flexibility index (Phi) is 11.8. The number of nitriles is 2. The number of allylic oxidation sites excluding steroid dienone is 2. The smallest absolute Gasteiger partial charge is 0.124 e. The molecule has 0 aromatic carbocycles. The maximum absolute atomic E-state index is 8.29. The molecule has 0 atom stereocenters. The average molecular weight is 375 g/mol. The molecule has 144 valence electrons. The predicted molar refractivity (Wildman–Crippen MR) is 112 cm³/mol. The third kappa shape index (κ3) is 10.5. The molecule has 1 aliphatic rings. The van der Waals surface area contributed by atoms with E-state index in [9.17, 15) is 0 Å². The average Bonchev–Trinajstić information content (AvgIpc) is 3.32. The lowest BCUT2D eigenvalue weighted by atomic mass is 10.2. The van der Waals surface area contributed by atoms with Crippen molar-refractivity contribution in [1.82, 2.24) is 9.97 Å². The van der Waals surface area contributed by atoms with Gasteiger partial charge in [0.05, 0.1) is 23.5 Å². The number of aromatic nitrogens is 2. The molecule has 0 saturated carbocycles. The quantitative estimate of drug-likeness (QED) is 0.806. The number of hydrogen-bond acceptors (Lipinski definition) is 6. The minimum absolute atomic E-state index is 0.463. The molecule has 0 spiro atoms.